The Morgan fingerprint density at radius 3 is 2.42 bits per heavy atom. The first-order valence-corrected chi connectivity index (χ1v) is 11.1. The van der Waals surface area contributed by atoms with Crippen LogP contribution < -0.4 is 5.32 Å². The summed E-state index contributed by atoms with van der Waals surface area (Å²) in [5, 5.41) is 3.07. The molecule has 168 valence electrons. The van der Waals surface area contributed by atoms with Gasteiger partial charge in [0.1, 0.15) is 11.5 Å². The van der Waals surface area contributed by atoms with E-state index in [1.54, 1.807) is 30.6 Å². The number of benzene rings is 1. The number of rotatable bonds is 6. The molecule has 0 aliphatic carbocycles. The van der Waals surface area contributed by atoms with Crippen molar-refractivity contribution in [2.45, 2.75) is 13.5 Å². The van der Waals surface area contributed by atoms with Gasteiger partial charge in [-0.1, -0.05) is 19.1 Å². The van der Waals surface area contributed by atoms with Gasteiger partial charge in [0.2, 0.25) is 5.95 Å². The lowest BCUT2D eigenvalue weighted by atomic mass is 10.1. The summed E-state index contributed by atoms with van der Waals surface area (Å²) in [6.07, 6.45) is 6.26. The SMILES string of the molecule is CCN1CCN(Cc2ccc(Nc3ncc(F)c(-c4ccc5nccnc5c4)n3)nc2)CC1. The highest BCUT2D eigenvalue weighted by Gasteiger charge is 2.16. The number of pyridine rings is 1. The fourth-order valence-electron chi connectivity index (χ4n) is 3.97. The summed E-state index contributed by atoms with van der Waals surface area (Å²) in [5.74, 6) is 0.383. The first-order chi connectivity index (χ1) is 16.2. The summed E-state index contributed by atoms with van der Waals surface area (Å²) in [6, 6.07) is 9.29. The Morgan fingerprint density at radius 2 is 1.67 bits per heavy atom. The van der Waals surface area contributed by atoms with Crippen LogP contribution in [0.25, 0.3) is 22.3 Å². The van der Waals surface area contributed by atoms with E-state index in [9.17, 15) is 4.39 Å². The van der Waals surface area contributed by atoms with Crippen LogP contribution in [0, 0.1) is 5.82 Å². The van der Waals surface area contributed by atoms with Gasteiger partial charge in [-0.15, -0.1) is 0 Å². The lowest BCUT2D eigenvalue weighted by Crippen LogP contribution is -2.45. The van der Waals surface area contributed by atoms with Gasteiger partial charge >= 0.3 is 0 Å². The average Bonchev–Trinajstić information content (AvgIpc) is 2.86. The number of likely N-dealkylation sites (N-methyl/N-ethyl adjacent to an activating group) is 1. The van der Waals surface area contributed by atoms with Crippen molar-refractivity contribution in [2.75, 3.05) is 38.0 Å². The molecule has 8 nitrogen and oxygen atoms in total. The van der Waals surface area contributed by atoms with E-state index in [1.165, 1.54) is 0 Å². The van der Waals surface area contributed by atoms with Gasteiger partial charge in [-0.3, -0.25) is 14.9 Å². The lowest BCUT2D eigenvalue weighted by molar-refractivity contribution is 0.132. The highest BCUT2D eigenvalue weighted by molar-refractivity contribution is 5.80. The monoisotopic (exact) mass is 444 g/mol. The third-order valence-corrected chi connectivity index (χ3v) is 5.87. The molecule has 33 heavy (non-hydrogen) atoms. The van der Waals surface area contributed by atoms with Gasteiger partial charge in [0.25, 0.3) is 0 Å². The minimum absolute atomic E-state index is 0.197. The maximum atomic E-state index is 14.5. The minimum atomic E-state index is -0.504. The molecule has 0 amide bonds. The van der Waals surface area contributed by atoms with Crippen molar-refractivity contribution in [3.05, 3.63) is 66.5 Å². The fraction of sp³-hybridized carbons (Fsp3) is 0.292. The Morgan fingerprint density at radius 1 is 0.879 bits per heavy atom. The Bertz CT molecular complexity index is 1240. The van der Waals surface area contributed by atoms with Crippen LogP contribution in [0.5, 0.6) is 0 Å². The number of fused-ring (bicyclic) bond motifs is 1. The van der Waals surface area contributed by atoms with Crippen LogP contribution in [0.2, 0.25) is 0 Å². The second-order valence-electron chi connectivity index (χ2n) is 8.04. The van der Waals surface area contributed by atoms with Crippen molar-refractivity contribution >= 4 is 22.8 Å². The summed E-state index contributed by atoms with van der Waals surface area (Å²) in [5.41, 5.74) is 3.38. The largest absolute Gasteiger partial charge is 0.309 e. The van der Waals surface area contributed by atoms with Crippen LogP contribution >= 0.6 is 0 Å². The van der Waals surface area contributed by atoms with Crippen LogP contribution in [0.3, 0.4) is 0 Å². The van der Waals surface area contributed by atoms with Gasteiger partial charge in [-0.25, -0.2) is 19.3 Å². The van der Waals surface area contributed by atoms with Crippen molar-refractivity contribution in [1.82, 2.24) is 34.7 Å². The fourth-order valence-corrected chi connectivity index (χ4v) is 3.97. The number of hydrogen-bond acceptors (Lipinski definition) is 8. The quantitative estimate of drug-likeness (QED) is 0.484. The number of halogens is 1. The zero-order valence-electron chi connectivity index (χ0n) is 18.4. The van der Waals surface area contributed by atoms with E-state index < -0.39 is 5.82 Å². The van der Waals surface area contributed by atoms with Crippen molar-refractivity contribution in [2.24, 2.45) is 0 Å². The highest BCUT2D eigenvalue weighted by atomic mass is 19.1. The van der Waals surface area contributed by atoms with E-state index >= 15 is 0 Å². The molecule has 1 N–H and O–H groups in total. The molecule has 9 heteroatoms. The predicted molar refractivity (Wildman–Crippen MR) is 125 cm³/mol. The smallest absolute Gasteiger partial charge is 0.229 e. The molecular weight excluding hydrogens is 419 g/mol. The minimum Gasteiger partial charge on any atom is -0.309 e. The van der Waals surface area contributed by atoms with Crippen molar-refractivity contribution < 1.29 is 4.39 Å². The number of nitrogens with one attached hydrogen (secondary N) is 1. The summed E-state index contributed by atoms with van der Waals surface area (Å²) in [4.78, 5) is 26.4. The molecule has 5 rings (SSSR count). The van der Waals surface area contributed by atoms with Crippen LogP contribution in [0.1, 0.15) is 12.5 Å². The normalized spacial score (nSPS) is 15.1. The predicted octanol–water partition coefficient (Wildman–Crippen LogP) is 3.50. The second kappa shape index (κ2) is 9.51. The van der Waals surface area contributed by atoms with Crippen molar-refractivity contribution in [1.29, 1.82) is 0 Å². The third-order valence-electron chi connectivity index (χ3n) is 5.87. The Hall–Kier alpha value is -3.56. The summed E-state index contributed by atoms with van der Waals surface area (Å²) < 4.78 is 14.5. The van der Waals surface area contributed by atoms with Gasteiger partial charge in [-0.05, 0) is 30.3 Å². The lowest BCUT2D eigenvalue weighted by Gasteiger charge is -2.33. The molecule has 0 saturated carbocycles. The zero-order valence-corrected chi connectivity index (χ0v) is 18.4. The molecule has 4 aromatic rings. The number of hydrogen-bond donors (Lipinski definition) is 1. The molecule has 1 fully saturated rings. The van der Waals surface area contributed by atoms with Crippen LogP contribution in [-0.4, -0.2) is 67.4 Å². The second-order valence-corrected chi connectivity index (χ2v) is 8.04. The van der Waals surface area contributed by atoms with Crippen LogP contribution in [0.4, 0.5) is 16.2 Å². The first kappa shape index (κ1) is 21.3. The maximum absolute atomic E-state index is 14.5. The van der Waals surface area contributed by atoms with Gasteiger partial charge in [-0.2, -0.15) is 0 Å². The molecule has 1 aromatic carbocycles. The summed E-state index contributed by atoms with van der Waals surface area (Å²) in [6.45, 7) is 8.55. The molecule has 0 radical (unpaired) electrons. The average molecular weight is 445 g/mol. The molecule has 0 unspecified atom stereocenters. The Balaban J connectivity index is 1.28. The highest BCUT2D eigenvalue weighted by Crippen LogP contribution is 2.24. The van der Waals surface area contributed by atoms with E-state index in [-0.39, 0.29) is 11.6 Å². The van der Waals surface area contributed by atoms with Gasteiger partial charge in [0, 0.05) is 56.9 Å². The van der Waals surface area contributed by atoms with E-state index in [4.69, 9.17) is 0 Å². The Kier molecular flexibility index (Phi) is 6.14. The van der Waals surface area contributed by atoms with Gasteiger partial charge in [0.05, 0.1) is 17.2 Å². The van der Waals surface area contributed by atoms with Gasteiger partial charge in [0.15, 0.2) is 5.82 Å². The number of nitrogens with zero attached hydrogens (tertiary/aromatic N) is 7. The molecule has 0 spiro atoms. The molecule has 1 aliphatic heterocycles. The third kappa shape index (κ3) is 4.94. The molecule has 0 atom stereocenters. The van der Waals surface area contributed by atoms with E-state index in [0.29, 0.717) is 16.9 Å². The van der Waals surface area contributed by atoms with E-state index in [2.05, 4.69) is 47.0 Å². The summed E-state index contributed by atoms with van der Waals surface area (Å²) >= 11 is 0. The number of anilines is 2. The molecule has 4 heterocycles. The molecule has 0 bridgehead atoms. The van der Waals surface area contributed by atoms with Gasteiger partial charge < -0.3 is 10.2 Å². The standard InChI is InChI=1S/C24H25FN8/c1-2-32-9-11-33(12-10-32)16-17-3-6-22(28-14-17)30-24-29-15-19(25)23(31-24)18-4-5-20-21(13-18)27-8-7-26-20/h3-8,13-15H,2,9-12,16H2,1H3,(H,28,29,30,31). The number of aromatic nitrogens is 5. The van der Waals surface area contributed by atoms with E-state index in [1.807, 2.05) is 18.3 Å². The maximum Gasteiger partial charge on any atom is 0.229 e. The zero-order chi connectivity index (χ0) is 22.6. The molecule has 3 aromatic heterocycles. The summed E-state index contributed by atoms with van der Waals surface area (Å²) in [7, 11) is 0. The van der Waals surface area contributed by atoms with Crippen LogP contribution in [-0.2, 0) is 6.54 Å². The molecule has 1 saturated heterocycles. The molecule has 1 aliphatic rings. The topological polar surface area (TPSA) is 83.0 Å². The van der Waals surface area contributed by atoms with Crippen molar-refractivity contribution in [3.8, 4) is 11.3 Å². The number of piperazine rings is 1. The first-order valence-electron chi connectivity index (χ1n) is 11.1. The van der Waals surface area contributed by atoms with E-state index in [0.717, 1.165) is 56.5 Å². The van der Waals surface area contributed by atoms with Crippen LogP contribution in [0.15, 0.2) is 55.1 Å². The molecular formula is C24H25FN8. The van der Waals surface area contributed by atoms with Crippen molar-refractivity contribution in [3.63, 3.8) is 0 Å². The Labute approximate surface area is 191 Å².